The number of benzene rings is 1. The van der Waals surface area contributed by atoms with Crippen molar-refractivity contribution in [1.29, 1.82) is 0 Å². The van der Waals surface area contributed by atoms with Gasteiger partial charge < -0.3 is 16.0 Å². The zero-order valence-electron chi connectivity index (χ0n) is 16.7. The van der Waals surface area contributed by atoms with Crippen molar-refractivity contribution in [2.24, 2.45) is 10.7 Å². The van der Waals surface area contributed by atoms with Crippen LogP contribution < -0.4 is 15.8 Å². The van der Waals surface area contributed by atoms with E-state index < -0.39 is 50.2 Å². The average molecular weight is 464 g/mol. The molecule has 3 heterocycles. The Hall–Kier alpha value is -3.61. The third kappa shape index (κ3) is 3.64. The standard InChI is InChI=1S/C19H18F2N6O4S/c1-10(28)27-8-16-19(9-27,25-18(22)26-32(16,30)31)13-6-12(3-4-14(13)21)24-17(29)15-5-2-11(20)7-23-15/h2-7,16H,8-9H2,1H3,(H,24,29)(H3,22,25,26)/t16?,19-/m1/s1. The number of guanidine groups is 1. The fraction of sp³-hybridized carbons (Fsp3) is 0.263. The van der Waals surface area contributed by atoms with E-state index >= 15 is 4.39 Å². The molecule has 1 aromatic carbocycles. The summed E-state index contributed by atoms with van der Waals surface area (Å²) in [6.07, 6.45) is 0.876. The number of carbonyl (C=O) groups excluding carboxylic acids is 2. The van der Waals surface area contributed by atoms with Crippen LogP contribution >= 0.6 is 0 Å². The SMILES string of the molecule is CC(=O)N1CC2[C@](c3cc(NC(=O)c4ccc(F)cn4)ccc3F)(C1)N=C(N)NS2(=O)=O. The number of hydrogen-bond acceptors (Lipinski definition) is 7. The maximum absolute atomic E-state index is 15.0. The predicted molar refractivity (Wildman–Crippen MR) is 110 cm³/mol. The number of amides is 2. The van der Waals surface area contributed by atoms with E-state index in [1.807, 2.05) is 0 Å². The van der Waals surface area contributed by atoms with E-state index in [4.69, 9.17) is 5.73 Å². The van der Waals surface area contributed by atoms with Gasteiger partial charge in [0.05, 0.1) is 12.7 Å². The van der Waals surface area contributed by atoms with Crippen LogP contribution in [-0.2, 0) is 20.4 Å². The lowest BCUT2D eigenvalue weighted by molar-refractivity contribution is -0.128. The molecule has 2 aliphatic heterocycles. The number of aromatic nitrogens is 1. The molecule has 13 heteroatoms. The number of nitrogens with one attached hydrogen (secondary N) is 2. The lowest BCUT2D eigenvalue weighted by Gasteiger charge is -2.35. The van der Waals surface area contributed by atoms with Gasteiger partial charge in [0.15, 0.2) is 0 Å². The van der Waals surface area contributed by atoms with E-state index in [9.17, 15) is 22.4 Å². The third-order valence-electron chi connectivity index (χ3n) is 5.39. The summed E-state index contributed by atoms with van der Waals surface area (Å²) in [4.78, 5) is 33.6. The van der Waals surface area contributed by atoms with Gasteiger partial charge in [0.25, 0.3) is 5.91 Å². The molecule has 0 radical (unpaired) electrons. The van der Waals surface area contributed by atoms with Crippen LogP contribution in [-0.4, -0.2) is 54.4 Å². The van der Waals surface area contributed by atoms with E-state index in [-0.39, 0.29) is 30.0 Å². The van der Waals surface area contributed by atoms with Gasteiger partial charge in [0.1, 0.15) is 28.1 Å². The minimum absolute atomic E-state index is 0.0800. The van der Waals surface area contributed by atoms with Gasteiger partial charge in [0.2, 0.25) is 21.9 Å². The van der Waals surface area contributed by atoms with Gasteiger partial charge in [-0.05, 0) is 30.3 Å². The molecular formula is C19H18F2N6O4S. The van der Waals surface area contributed by atoms with Crippen LogP contribution in [0.4, 0.5) is 14.5 Å². The fourth-order valence-corrected chi connectivity index (χ4v) is 5.55. The molecule has 2 aliphatic rings. The van der Waals surface area contributed by atoms with Gasteiger partial charge in [-0.3, -0.25) is 14.3 Å². The molecule has 32 heavy (non-hydrogen) atoms. The van der Waals surface area contributed by atoms with Crippen LogP contribution in [0.15, 0.2) is 41.5 Å². The third-order valence-corrected chi connectivity index (χ3v) is 7.17. The van der Waals surface area contributed by atoms with Crippen molar-refractivity contribution in [1.82, 2.24) is 14.6 Å². The Labute approximate surface area is 181 Å². The first-order chi connectivity index (χ1) is 15.0. The van der Waals surface area contributed by atoms with Crippen molar-refractivity contribution in [2.75, 3.05) is 18.4 Å². The van der Waals surface area contributed by atoms with Gasteiger partial charge >= 0.3 is 0 Å². The van der Waals surface area contributed by atoms with Gasteiger partial charge in [-0.2, -0.15) is 0 Å². The fourth-order valence-electron chi connectivity index (χ4n) is 3.92. The molecule has 1 aromatic heterocycles. The summed E-state index contributed by atoms with van der Waals surface area (Å²) in [5, 5.41) is 1.21. The van der Waals surface area contributed by atoms with Gasteiger partial charge in [-0.1, -0.05) is 0 Å². The molecule has 4 N–H and O–H groups in total. The number of rotatable bonds is 3. The summed E-state index contributed by atoms with van der Waals surface area (Å²) in [6, 6.07) is 5.80. The second kappa shape index (κ2) is 7.51. The molecule has 4 rings (SSSR count). The van der Waals surface area contributed by atoms with Crippen molar-refractivity contribution < 1.29 is 26.8 Å². The van der Waals surface area contributed by atoms with Crippen LogP contribution in [0, 0.1) is 11.6 Å². The summed E-state index contributed by atoms with van der Waals surface area (Å²) in [6.45, 7) is 0.834. The molecule has 2 atom stereocenters. The van der Waals surface area contributed by atoms with Gasteiger partial charge in [0, 0.05) is 24.7 Å². The first-order valence-corrected chi connectivity index (χ1v) is 10.9. The number of halogens is 2. The molecule has 1 saturated heterocycles. The highest BCUT2D eigenvalue weighted by Gasteiger charge is 2.58. The summed E-state index contributed by atoms with van der Waals surface area (Å²) in [7, 11) is -4.08. The number of pyridine rings is 1. The molecule has 0 bridgehead atoms. The molecule has 168 valence electrons. The van der Waals surface area contributed by atoms with Crippen molar-refractivity contribution >= 4 is 33.5 Å². The minimum Gasteiger partial charge on any atom is -0.369 e. The molecule has 0 aliphatic carbocycles. The molecular weight excluding hydrogens is 446 g/mol. The number of nitrogens with zero attached hydrogens (tertiary/aromatic N) is 3. The summed E-state index contributed by atoms with van der Waals surface area (Å²) < 4.78 is 55.7. The highest BCUT2D eigenvalue weighted by molar-refractivity contribution is 7.90. The van der Waals surface area contributed by atoms with Crippen molar-refractivity contribution in [3.05, 3.63) is 59.4 Å². The topological polar surface area (TPSA) is 147 Å². The van der Waals surface area contributed by atoms with Gasteiger partial charge in [-0.15, -0.1) is 0 Å². The number of hydrogen-bond donors (Lipinski definition) is 3. The number of fused-ring (bicyclic) bond motifs is 1. The van der Waals surface area contributed by atoms with Crippen LogP contribution in [0.2, 0.25) is 0 Å². The van der Waals surface area contributed by atoms with E-state index in [0.29, 0.717) is 0 Å². The highest BCUT2D eigenvalue weighted by Crippen LogP contribution is 2.43. The molecule has 2 aromatic rings. The maximum Gasteiger partial charge on any atom is 0.274 e. The quantitative estimate of drug-likeness (QED) is 0.595. The summed E-state index contributed by atoms with van der Waals surface area (Å²) in [5.41, 5.74) is 3.88. The first-order valence-electron chi connectivity index (χ1n) is 9.37. The second-order valence-corrected chi connectivity index (χ2v) is 9.33. The van der Waals surface area contributed by atoms with Crippen LogP contribution in [0.5, 0.6) is 0 Å². The summed E-state index contributed by atoms with van der Waals surface area (Å²) in [5.74, 6) is -2.93. The Bertz CT molecular complexity index is 1250. The normalized spacial score (nSPS) is 23.7. The number of likely N-dealkylation sites (tertiary alicyclic amines) is 1. The Morgan fingerprint density at radius 1 is 1.28 bits per heavy atom. The Balaban J connectivity index is 1.77. The van der Waals surface area contributed by atoms with E-state index in [0.717, 1.165) is 18.3 Å². The zero-order chi connectivity index (χ0) is 23.3. The zero-order valence-corrected chi connectivity index (χ0v) is 17.5. The van der Waals surface area contributed by atoms with E-state index in [1.165, 1.54) is 30.0 Å². The highest BCUT2D eigenvalue weighted by atomic mass is 32.2. The number of carbonyl (C=O) groups is 2. The number of nitrogens with two attached hydrogens (primary N) is 1. The molecule has 1 unspecified atom stereocenters. The van der Waals surface area contributed by atoms with Crippen LogP contribution in [0.3, 0.4) is 0 Å². The molecule has 0 saturated carbocycles. The predicted octanol–water partition coefficient (Wildman–Crippen LogP) is 0.286. The van der Waals surface area contributed by atoms with Crippen LogP contribution in [0.1, 0.15) is 23.0 Å². The second-order valence-electron chi connectivity index (χ2n) is 7.47. The number of anilines is 1. The number of sulfonamides is 1. The molecule has 1 fully saturated rings. The molecule has 0 spiro atoms. The van der Waals surface area contributed by atoms with Crippen LogP contribution in [0.25, 0.3) is 0 Å². The Morgan fingerprint density at radius 2 is 2.03 bits per heavy atom. The smallest absolute Gasteiger partial charge is 0.274 e. The molecule has 2 amide bonds. The minimum atomic E-state index is -4.08. The van der Waals surface area contributed by atoms with E-state index in [2.05, 4.69) is 20.0 Å². The average Bonchev–Trinajstić information content (AvgIpc) is 3.11. The lowest BCUT2D eigenvalue weighted by atomic mass is 9.88. The Kier molecular flexibility index (Phi) is 5.07. The first kappa shape index (κ1) is 21.6. The summed E-state index contributed by atoms with van der Waals surface area (Å²) >= 11 is 0. The largest absolute Gasteiger partial charge is 0.369 e. The van der Waals surface area contributed by atoms with Gasteiger partial charge in [-0.25, -0.2) is 27.2 Å². The van der Waals surface area contributed by atoms with Crippen molar-refractivity contribution in [2.45, 2.75) is 17.7 Å². The maximum atomic E-state index is 15.0. The van der Waals surface area contributed by atoms with Crippen molar-refractivity contribution in [3.8, 4) is 0 Å². The number of aliphatic imine (C=N–C) groups is 1. The molecule has 10 nitrogen and oxygen atoms in total. The van der Waals surface area contributed by atoms with E-state index in [1.54, 1.807) is 0 Å². The monoisotopic (exact) mass is 464 g/mol. The lowest BCUT2D eigenvalue weighted by Crippen LogP contribution is -2.56. The Morgan fingerprint density at radius 3 is 2.69 bits per heavy atom. The van der Waals surface area contributed by atoms with Crippen molar-refractivity contribution in [3.63, 3.8) is 0 Å².